The number of halogens is 2. The van der Waals surface area contributed by atoms with Gasteiger partial charge in [-0.15, -0.1) is 0 Å². The Balaban J connectivity index is 1.49. The van der Waals surface area contributed by atoms with Crippen molar-refractivity contribution in [3.8, 4) is 16.5 Å². The predicted molar refractivity (Wildman–Crippen MR) is 127 cm³/mol. The van der Waals surface area contributed by atoms with Crippen LogP contribution in [0.3, 0.4) is 0 Å². The maximum Gasteiger partial charge on any atom is 0.218 e. The third-order valence-electron chi connectivity index (χ3n) is 6.23. The second-order valence-corrected chi connectivity index (χ2v) is 9.98. The highest BCUT2D eigenvalue weighted by Crippen LogP contribution is 2.38. The monoisotopic (exact) mass is 485 g/mol. The van der Waals surface area contributed by atoms with Gasteiger partial charge < -0.3 is 21.1 Å². The normalized spacial score (nSPS) is 19.7. The quantitative estimate of drug-likeness (QED) is 0.532. The fourth-order valence-electron chi connectivity index (χ4n) is 4.87. The van der Waals surface area contributed by atoms with E-state index in [1.165, 1.54) is 6.07 Å². The van der Waals surface area contributed by atoms with Crippen molar-refractivity contribution in [3.63, 3.8) is 0 Å². The third-order valence-corrected chi connectivity index (χ3v) is 7.13. The van der Waals surface area contributed by atoms with Gasteiger partial charge in [0.1, 0.15) is 27.3 Å². The fourth-order valence-corrected chi connectivity index (χ4v) is 5.77. The molecule has 0 saturated carbocycles. The number of nitrogens with zero attached hydrogens (tertiary/aromatic N) is 3. The third kappa shape index (κ3) is 4.12. The van der Waals surface area contributed by atoms with Gasteiger partial charge in [0.05, 0.1) is 17.9 Å². The van der Waals surface area contributed by atoms with Crippen molar-refractivity contribution in [2.24, 2.45) is 11.7 Å². The van der Waals surface area contributed by atoms with E-state index in [4.69, 9.17) is 16.2 Å². The molecule has 3 aromatic rings. The summed E-state index contributed by atoms with van der Waals surface area (Å²) in [5.74, 6) is -0.857. The number of nitrogen functional groups attached to an aromatic ring is 1. The Morgan fingerprint density at radius 1 is 1.29 bits per heavy atom. The standard InChI is InChI=1S/C24H25F2N5O2S/c1-12-7-14(27)11-31(10-12)21-13(9-29-23-15(21)5-6-33-23)8-18(32)20-22(28)34-24(30-20)19-16(25)3-2-4-17(19)26/h2-4,9,12,14H,5-8,10-11,27-28H2,1H3/t12-,14+/m1/s1. The lowest BCUT2D eigenvalue weighted by Gasteiger charge is -2.38. The van der Waals surface area contributed by atoms with E-state index in [-0.39, 0.29) is 39.5 Å². The molecule has 4 heterocycles. The van der Waals surface area contributed by atoms with Crippen LogP contribution in [0.4, 0.5) is 19.5 Å². The van der Waals surface area contributed by atoms with Gasteiger partial charge in [0, 0.05) is 49.3 Å². The molecule has 1 saturated heterocycles. The molecule has 0 unspecified atom stereocenters. The van der Waals surface area contributed by atoms with Crippen LogP contribution in [0.2, 0.25) is 0 Å². The Morgan fingerprint density at radius 2 is 2.06 bits per heavy atom. The number of fused-ring (bicyclic) bond motifs is 1. The molecule has 2 atom stereocenters. The number of carbonyl (C=O) groups is 1. The molecule has 7 nitrogen and oxygen atoms in total. The molecule has 2 aliphatic heterocycles. The van der Waals surface area contributed by atoms with Crippen LogP contribution in [0, 0.1) is 17.6 Å². The van der Waals surface area contributed by atoms with Crippen molar-refractivity contribution in [2.75, 3.05) is 30.3 Å². The minimum atomic E-state index is -0.756. The number of benzene rings is 1. The number of thiazole rings is 1. The Bertz CT molecular complexity index is 1230. The zero-order chi connectivity index (χ0) is 24.0. The maximum absolute atomic E-state index is 14.2. The molecule has 0 spiro atoms. The lowest BCUT2D eigenvalue weighted by molar-refractivity contribution is 0.0989. The Kier molecular flexibility index (Phi) is 5.95. The van der Waals surface area contributed by atoms with Crippen molar-refractivity contribution < 1.29 is 18.3 Å². The number of ketones is 1. The molecule has 0 amide bonds. The van der Waals surface area contributed by atoms with Crippen LogP contribution in [0.1, 0.15) is 35.0 Å². The molecule has 10 heteroatoms. The van der Waals surface area contributed by atoms with Gasteiger partial charge in [-0.3, -0.25) is 4.79 Å². The predicted octanol–water partition coefficient (Wildman–Crippen LogP) is 3.60. The van der Waals surface area contributed by atoms with E-state index >= 15 is 0 Å². The summed E-state index contributed by atoms with van der Waals surface area (Å²) in [6.07, 6.45) is 3.31. The summed E-state index contributed by atoms with van der Waals surface area (Å²) < 4.78 is 34.1. The smallest absolute Gasteiger partial charge is 0.218 e. The van der Waals surface area contributed by atoms with E-state index in [2.05, 4.69) is 21.8 Å². The van der Waals surface area contributed by atoms with Crippen molar-refractivity contribution in [2.45, 2.75) is 32.2 Å². The van der Waals surface area contributed by atoms with E-state index in [1.54, 1.807) is 6.20 Å². The molecule has 4 N–H and O–H groups in total. The van der Waals surface area contributed by atoms with Gasteiger partial charge in [-0.1, -0.05) is 24.3 Å². The number of hydrogen-bond donors (Lipinski definition) is 2. The summed E-state index contributed by atoms with van der Waals surface area (Å²) in [7, 11) is 0. The lowest BCUT2D eigenvalue weighted by atomic mass is 9.93. The average molecular weight is 486 g/mol. The van der Waals surface area contributed by atoms with E-state index in [1.807, 2.05) is 0 Å². The Morgan fingerprint density at radius 3 is 2.79 bits per heavy atom. The zero-order valence-electron chi connectivity index (χ0n) is 18.7. The van der Waals surface area contributed by atoms with Crippen molar-refractivity contribution >= 4 is 27.8 Å². The van der Waals surface area contributed by atoms with Gasteiger partial charge in [-0.05, 0) is 24.5 Å². The number of carbonyl (C=O) groups excluding carboxylic acids is 1. The summed E-state index contributed by atoms with van der Waals surface area (Å²) in [6.45, 7) is 4.20. The topological polar surface area (TPSA) is 107 Å². The number of ether oxygens (including phenoxy) is 1. The molecule has 0 bridgehead atoms. The molecule has 1 aromatic carbocycles. The number of hydrogen-bond acceptors (Lipinski definition) is 8. The Hall–Kier alpha value is -3.11. The van der Waals surface area contributed by atoms with Crippen LogP contribution >= 0.6 is 11.3 Å². The second-order valence-electron chi connectivity index (χ2n) is 8.95. The van der Waals surface area contributed by atoms with Crippen LogP contribution in [0.5, 0.6) is 5.88 Å². The number of aromatic nitrogens is 2. The minimum Gasteiger partial charge on any atom is -0.477 e. The van der Waals surface area contributed by atoms with E-state index in [0.717, 1.165) is 53.2 Å². The van der Waals surface area contributed by atoms with Gasteiger partial charge in [-0.2, -0.15) is 0 Å². The number of piperidine rings is 1. The highest BCUT2D eigenvalue weighted by molar-refractivity contribution is 7.19. The average Bonchev–Trinajstić information content (AvgIpc) is 3.39. The second kappa shape index (κ2) is 8.92. The number of nitrogens with two attached hydrogens (primary N) is 2. The highest BCUT2D eigenvalue weighted by atomic mass is 32.1. The van der Waals surface area contributed by atoms with Gasteiger partial charge >= 0.3 is 0 Å². The summed E-state index contributed by atoms with van der Waals surface area (Å²) >= 11 is 0.891. The molecule has 178 valence electrons. The fraction of sp³-hybridized carbons (Fsp3) is 0.375. The maximum atomic E-state index is 14.2. The van der Waals surface area contributed by atoms with Crippen LogP contribution in [0.25, 0.3) is 10.6 Å². The van der Waals surface area contributed by atoms with Crippen LogP contribution in [0.15, 0.2) is 24.4 Å². The first-order valence-corrected chi connectivity index (χ1v) is 12.0. The minimum absolute atomic E-state index is 0.00284. The Labute approximate surface area is 199 Å². The van der Waals surface area contributed by atoms with Gasteiger partial charge in [0.25, 0.3) is 0 Å². The molecule has 34 heavy (non-hydrogen) atoms. The van der Waals surface area contributed by atoms with E-state index < -0.39 is 11.6 Å². The van der Waals surface area contributed by atoms with Gasteiger partial charge in [0.15, 0.2) is 5.78 Å². The van der Waals surface area contributed by atoms with Crippen molar-refractivity contribution in [3.05, 3.63) is 52.9 Å². The van der Waals surface area contributed by atoms with Crippen LogP contribution < -0.4 is 21.1 Å². The highest BCUT2D eigenvalue weighted by Gasteiger charge is 2.31. The van der Waals surface area contributed by atoms with Crippen molar-refractivity contribution in [1.82, 2.24) is 9.97 Å². The summed E-state index contributed by atoms with van der Waals surface area (Å²) in [5, 5.41) is 0.156. The summed E-state index contributed by atoms with van der Waals surface area (Å²) in [6, 6.07) is 3.60. The van der Waals surface area contributed by atoms with Crippen molar-refractivity contribution in [1.29, 1.82) is 0 Å². The molecule has 5 rings (SSSR count). The van der Waals surface area contributed by atoms with Crippen LogP contribution in [-0.4, -0.2) is 41.5 Å². The molecule has 2 aliphatic rings. The van der Waals surface area contributed by atoms with Gasteiger partial charge in [-0.25, -0.2) is 18.7 Å². The van der Waals surface area contributed by atoms with Gasteiger partial charge in [0.2, 0.25) is 5.88 Å². The summed E-state index contributed by atoms with van der Waals surface area (Å²) in [4.78, 5) is 24.2. The largest absolute Gasteiger partial charge is 0.477 e. The number of rotatable bonds is 5. The molecule has 0 aliphatic carbocycles. The van der Waals surface area contributed by atoms with E-state index in [0.29, 0.717) is 31.4 Å². The first-order valence-electron chi connectivity index (χ1n) is 11.2. The first kappa shape index (κ1) is 22.7. The number of pyridine rings is 1. The first-order chi connectivity index (χ1) is 16.3. The molecule has 1 fully saturated rings. The number of anilines is 2. The number of Topliss-reactive ketones (excluding diaryl/α,β-unsaturated/α-hetero) is 1. The lowest BCUT2D eigenvalue weighted by Crippen LogP contribution is -2.47. The molecular weight excluding hydrogens is 460 g/mol. The van der Waals surface area contributed by atoms with Crippen LogP contribution in [-0.2, 0) is 12.8 Å². The molecule has 0 radical (unpaired) electrons. The molecule has 2 aromatic heterocycles. The summed E-state index contributed by atoms with van der Waals surface area (Å²) in [5.41, 5.74) is 14.7. The van der Waals surface area contributed by atoms with E-state index in [9.17, 15) is 13.6 Å². The SMILES string of the molecule is C[C@@H]1C[C@H](N)CN(c2c(CC(=O)c3nc(-c4c(F)cccc4F)sc3N)cnc3c2CCO3)C1. The zero-order valence-corrected chi connectivity index (χ0v) is 19.5. The molecular formula is C24H25F2N5O2S.